The van der Waals surface area contributed by atoms with Crippen molar-refractivity contribution in [3.05, 3.63) is 28.8 Å². The largest absolute Gasteiger partial charge is 0.388 e. The summed E-state index contributed by atoms with van der Waals surface area (Å²) >= 11 is 0. The number of fused-ring (bicyclic) bond motifs is 1. The minimum atomic E-state index is -0.385. The van der Waals surface area contributed by atoms with Gasteiger partial charge in [-0.1, -0.05) is 45.2 Å². The molecule has 2 unspecified atom stereocenters. The smallest absolute Gasteiger partial charge is 0.232 e. The molecule has 2 aliphatic rings. The Bertz CT molecular complexity index is 561. The molecule has 1 aliphatic carbocycles. The highest BCUT2D eigenvalue weighted by Gasteiger charge is 2.32. The third-order valence-electron chi connectivity index (χ3n) is 5.44. The van der Waals surface area contributed by atoms with Crippen molar-refractivity contribution in [2.75, 3.05) is 5.32 Å². The first kappa shape index (κ1) is 15.5. The van der Waals surface area contributed by atoms with E-state index in [2.05, 4.69) is 31.3 Å². The minimum absolute atomic E-state index is 0.0567. The van der Waals surface area contributed by atoms with Crippen LogP contribution in [0.1, 0.15) is 81.1 Å². The van der Waals surface area contributed by atoms with E-state index in [0.717, 1.165) is 48.1 Å². The summed E-state index contributed by atoms with van der Waals surface area (Å²) in [4.78, 5) is 12.1. The Kier molecular flexibility index (Phi) is 4.53. The molecule has 2 atom stereocenters. The van der Waals surface area contributed by atoms with Crippen molar-refractivity contribution in [1.29, 1.82) is 0 Å². The number of amides is 1. The maximum absolute atomic E-state index is 12.1. The molecule has 2 N–H and O–H groups in total. The standard InChI is InChI=1S/C19H27NO2/c1-3-12-10-14(18(21)13-8-6-5-7-9-13)11-16-15(4-2)19(22)20-17(12)16/h10-11,13,15,18,21H,3-9H2,1-2H3,(H,20,22). The van der Waals surface area contributed by atoms with Crippen molar-refractivity contribution in [2.45, 2.75) is 70.8 Å². The van der Waals surface area contributed by atoms with E-state index in [1.807, 2.05) is 0 Å². The van der Waals surface area contributed by atoms with Gasteiger partial charge in [0.15, 0.2) is 0 Å². The molecule has 1 aromatic rings. The third-order valence-corrected chi connectivity index (χ3v) is 5.44. The predicted molar refractivity (Wildman–Crippen MR) is 89.0 cm³/mol. The van der Waals surface area contributed by atoms with Crippen LogP contribution in [0.25, 0.3) is 0 Å². The van der Waals surface area contributed by atoms with Crippen molar-refractivity contribution >= 4 is 11.6 Å². The summed E-state index contributed by atoms with van der Waals surface area (Å²) in [7, 11) is 0. The Labute approximate surface area is 133 Å². The normalized spacial score (nSPS) is 23.2. The Morgan fingerprint density at radius 1 is 1.23 bits per heavy atom. The average molecular weight is 301 g/mol. The van der Waals surface area contributed by atoms with Crippen molar-refractivity contribution in [2.24, 2.45) is 5.92 Å². The number of benzene rings is 1. The van der Waals surface area contributed by atoms with Crippen LogP contribution < -0.4 is 5.32 Å². The summed E-state index contributed by atoms with van der Waals surface area (Å²) in [5, 5.41) is 13.9. The van der Waals surface area contributed by atoms with Gasteiger partial charge in [0.25, 0.3) is 0 Å². The number of anilines is 1. The molecule has 0 saturated heterocycles. The molecule has 0 radical (unpaired) electrons. The van der Waals surface area contributed by atoms with Gasteiger partial charge in [-0.3, -0.25) is 4.79 Å². The van der Waals surface area contributed by atoms with Gasteiger partial charge in [-0.25, -0.2) is 0 Å². The summed E-state index contributed by atoms with van der Waals surface area (Å²) in [6.45, 7) is 4.16. The second-order valence-electron chi connectivity index (χ2n) is 6.79. The zero-order chi connectivity index (χ0) is 15.7. The number of aliphatic hydroxyl groups excluding tert-OH is 1. The maximum Gasteiger partial charge on any atom is 0.232 e. The summed E-state index contributed by atoms with van der Waals surface area (Å²) in [6.07, 6.45) is 7.29. The van der Waals surface area contributed by atoms with Gasteiger partial charge >= 0.3 is 0 Å². The number of carbonyl (C=O) groups excluding carboxylic acids is 1. The van der Waals surface area contributed by atoms with Crippen LogP contribution in [0.3, 0.4) is 0 Å². The van der Waals surface area contributed by atoms with Gasteiger partial charge in [-0.15, -0.1) is 0 Å². The van der Waals surface area contributed by atoms with Crippen molar-refractivity contribution in [3.8, 4) is 0 Å². The van der Waals surface area contributed by atoms with E-state index in [0.29, 0.717) is 5.92 Å². The molecular formula is C19H27NO2. The Balaban J connectivity index is 1.96. The number of aliphatic hydroxyl groups is 1. The van der Waals surface area contributed by atoms with E-state index in [1.165, 1.54) is 19.3 Å². The highest BCUT2D eigenvalue weighted by atomic mass is 16.3. The number of hydrogen-bond donors (Lipinski definition) is 2. The lowest BCUT2D eigenvalue weighted by atomic mass is 9.81. The van der Waals surface area contributed by atoms with Crippen LogP contribution in [-0.4, -0.2) is 11.0 Å². The van der Waals surface area contributed by atoms with Gasteiger partial charge in [0, 0.05) is 5.69 Å². The molecule has 0 spiro atoms. The van der Waals surface area contributed by atoms with Crippen LogP contribution >= 0.6 is 0 Å². The molecule has 3 heteroatoms. The molecule has 1 fully saturated rings. The molecule has 120 valence electrons. The topological polar surface area (TPSA) is 49.3 Å². The molecule has 0 bridgehead atoms. The molecule has 0 aromatic heterocycles. The van der Waals surface area contributed by atoms with Crippen LogP contribution in [-0.2, 0) is 11.2 Å². The van der Waals surface area contributed by atoms with Gasteiger partial charge in [0.05, 0.1) is 12.0 Å². The lowest BCUT2D eigenvalue weighted by Gasteiger charge is -2.27. The van der Waals surface area contributed by atoms with Gasteiger partial charge in [-0.05, 0) is 48.3 Å². The lowest BCUT2D eigenvalue weighted by Crippen LogP contribution is -2.16. The third kappa shape index (κ3) is 2.67. The zero-order valence-corrected chi connectivity index (χ0v) is 13.7. The fourth-order valence-corrected chi connectivity index (χ4v) is 4.11. The first-order valence-electron chi connectivity index (χ1n) is 8.81. The highest BCUT2D eigenvalue weighted by Crippen LogP contribution is 2.42. The van der Waals surface area contributed by atoms with E-state index in [-0.39, 0.29) is 17.9 Å². The Morgan fingerprint density at radius 3 is 2.59 bits per heavy atom. The fraction of sp³-hybridized carbons (Fsp3) is 0.632. The first-order chi connectivity index (χ1) is 10.7. The number of hydrogen-bond acceptors (Lipinski definition) is 2. The van der Waals surface area contributed by atoms with Crippen LogP contribution in [0.2, 0.25) is 0 Å². The minimum Gasteiger partial charge on any atom is -0.388 e. The van der Waals surface area contributed by atoms with Crippen LogP contribution in [0.15, 0.2) is 12.1 Å². The fourth-order valence-electron chi connectivity index (χ4n) is 4.11. The van der Waals surface area contributed by atoms with Gasteiger partial charge < -0.3 is 10.4 Å². The molecule has 1 amide bonds. The van der Waals surface area contributed by atoms with Gasteiger partial charge in [-0.2, -0.15) is 0 Å². The van der Waals surface area contributed by atoms with Crippen molar-refractivity contribution < 1.29 is 9.90 Å². The predicted octanol–water partition coefficient (Wildman–Crippen LogP) is 4.31. The van der Waals surface area contributed by atoms with E-state index in [1.54, 1.807) is 0 Å². The second kappa shape index (κ2) is 6.41. The monoisotopic (exact) mass is 301 g/mol. The SMILES string of the molecule is CCc1cc(C(O)C2CCCCC2)cc2c1NC(=O)C2CC. The van der Waals surface area contributed by atoms with E-state index < -0.39 is 0 Å². The van der Waals surface area contributed by atoms with Crippen molar-refractivity contribution in [1.82, 2.24) is 0 Å². The second-order valence-corrected chi connectivity index (χ2v) is 6.79. The molecule has 1 heterocycles. The van der Waals surface area contributed by atoms with Crippen LogP contribution in [0.5, 0.6) is 0 Å². The van der Waals surface area contributed by atoms with Crippen LogP contribution in [0, 0.1) is 5.92 Å². The molecule has 1 saturated carbocycles. The molecule has 3 rings (SSSR count). The molecule has 22 heavy (non-hydrogen) atoms. The molecule has 1 aromatic carbocycles. The first-order valence-corrected chi connectivity index (χ1v) is 8.81. The Hall–Kier alpha value is -1.35. The lowest BCUT2D eigenvalue weighted by molar-refractivity contribution is -0.117. The molecule has 3 nitrogen and oxygen atoms in total. The van der Waals surface area contributed by atoms with Gasteiger partial charge in [0.1, 0.15) is 0 Å². The summed E-state index contributed by atoms with van der Waals surface area (Å²) in [5.74, 6) is 0.428. The number of carbonyl (C=O) groups is 1. The summed E-state index contributed by atoms with van der Waals surface area (Å²) in [6, 6.07) is 4.19. The highest BCUT2D eigenvalue weighted by molar-refractivity contribution is 6.03. The summed E-state index contributed by atoms with van der Waals surface area (Å²) in [5.41, 5.74) is 4.26. The maximum atomic E-state index is 12.1. The number of aryl methyl sites for hydroxylation is 1. The zero-order valence-electron chi connectivity index (χ0n) is 13.7. The van der Waals surface area contributed by atoms with E-state index >= 15 is 0 Å². The quantitative estimate of drug-likeness (QED) is 0.870. The summed E-state index contributed by atoms with van der Waals surface area (Å²) < 4.78 is 0. The van der Waals surface area contributed by atoms with Crippen LogP contribution in [0.4, 0.5) is 5.69 Å². The number of rotatable bonds is 4. The van der Waals surface area contributed by atoms with Crippen molar-refractivity contribution in [3.63, 3.8) is 0 Å². The van der Waals surface area contributed by atoms with E-state index in [4.69, 9.17) is 0 Å². The Morgan fingerprint density at radius 2 is 1.95 bits per heavy atom. The van der Waals surface area contributed by atoms with E-state index in [9.17, 15) is 9.90 Å². The number of nitrogens with one attached hydrogen (secondary N) is 1. The molecular weight excluding hydrogens is 274 g/mol. The van der Waals surface area contributed by atoms with Gasteiger partial charge in [0.2, 0.25) is 5.91 Å². The average Bonchev–Trinajstić information content (AvgIpc) is 2.89. The molecule has 1 aliphatic heterocycles.